The molecular weight excluding hydrogens is 282 g/mol. The van der Waals surface area contributed by atoms with Crippen LogP contribution in [-0.4, -0.2) is 50.2 Å². The lowest BCUT2D eigenvalue weighted by molar-refractivity contribution is -0.142. The standard InChI is InChI=1S/C17H31NO4/c1-3-22-13-7-11-18(12-10-17(20)21-2)16(19)14-15-8-5-4-6-9-15/h15H,3-14H2,1-2H3. The Morgan fingerprint density at radius 2 is 1.86 bits per heavy atom. The fraction of sp³-hybridized carbons (Fsp3) is 0.882. The summed E-state index contributed by atoms with van der Waals surface area (Å²) in [6.07, 6.45) is 7.80. The first-order valence-electron chi connectivity index (χ1n) is 8.59. The van der Waals surface area contributed by atoms with E-state index in [0.717, 1.165) is 19.3 Å². The van der Waals surface area contributed by atoms with Gasteiger partial charge in [0.2, 0.25) is 5.91 Å². The Labute approximate surface area is 134 Å². The summed E-state index contributed by atoms with van der Waals surface area (Å²) in [4.78, 5) is 25.6. The number of hydrogen-bond donors (Lipinski definition) is 0. The second-order valence-electron chi connectivity index (χ2n) is 5.97. The van der Waals surface area contributed by atoms with Crippen LogP contribution in [0, 0.1) is 5.92 Å². The maximum Gasteiger partial charge on any atom is 0.307 e. The highest BCUT2D eigenvalue weighted by atomic mass is 16.5. The van der Waals surface area contributed by atoms with Gasteiger partial charge in [-0.1, -0.05) is 19.3 Å². The predicted molar refractivity (Wildman–Crippen MR) is 85.5 cm³/mol. The first-order valence-corrected chi connectivity index (χ1v) is 8.59. The van der Waals surface area contributed by atoms with E-state index in [4.69, 9.17) is 4.74 Å². The van der Waals surface area contributed by atoms with E-state index in [1.807, 2.05) is 11.8 Å². The van der Waals surface area contributed by atoms with Gasteiger partial charge in [-0.15, -0.1) is 0 Å². The maximum atomic E-state index is 12.5. The van der Waals surface area contributed by atoms with Gasteiger partial charge in [-0.3, -0.25) is 9.59 Å². The van der Waals surface area contributed by atoms with Crippen LogP contribution in [0.15, 0.2) is 0 Å². The van der Waals surface area contributed by atoms with Crippen LogP contribution in [0.5, 0.6) is 0 Å². The van der Waals surface area contributed by atoms with Crippen molar-refractivity contribution in [1.82, 2.24) is 4.90 Å². The molecule has 22 heavy (non-hydrogen) atoms. The largest absolute Gasteiger partial charge is 0.469 e. The van der Waals surface area contributed by atoms with E-state index in [1.165, 1.54) is 26.4 Å². The molecule has 0 aromatic carbocycles. The van der Waals surface area contributed by atoms with Crippen molar-refractivity contribution < 1.29 is 19.1 Å². The molecule has 0 heterocycles. The van der Waals surface area contributed by atoms with Gasteiger partial charge in [0.25, 0.3) is 0 Å². The van der Waals surface area contributed by atoms with Crippen molar-refractivity contribution in [2.75, 3.05) is 33.4 Å². The van der Waals surface area contributed by atoms with Gasteiger partial charge in [0.15, 0.2) is 0 Å². The summed E-state index contributed by atoms with van der Waals surface area (Å²) < 4.78 is 10.0. The van der Waals surface area contributed by atoms with Gasteiger partial charge < -0.3 is 14.4 Å². The van der Waals surface area contributed by atoms with Gasteiger partial charge in [-0.05, 0) is 32.1 Å². The Morgan fingerprint density at radius 3 is 2.50 bits per heavy atom. The molecule has 0 N–H and O–H groups in total. The molecule has 1 amide bonds. The average molecular weight is 313 g/mol. The molecule has 5 nitrogen and oxygen atoms in total. The Balaban J connectivity index is 2.42. The lowest BCUT2D eigenvalue weighted by Crippen LogP contribution is -2.36. The van der Waals surface area contributed by atoms with Crippen molar-refractivity contribution in [2.24, 2.45) is 5.92 Å². The number of hydrogen-bond acceptors (Lipinski definition) is 4. The van der Waals surface area contributed by atoms with E-state index in [9.17, 15) is 9.59 Å². The molecule has 128 valence electrons. The molecule has 0 aromatic heterocycles. The average Bonchev–Trinajstić information content (AvgIpc) is 2.54. The third kappa shape index (κ3) is 7.78. The zero-order chi connectivity index (χ0) is 16.2. The first kappa shape index (κ1) is 18.9. The SMILES string of the molecule is CCOCCCN(CCC(=O)OC)C(=O)CC1CCCCC1. The summed E-state index contributed by atoms with van der Waals surface area (Å²) in [7, 11) is 1.38. The molecule has 0 atom stereocenters. The van der Waals surface area contributed by atoms with E-state index in [-0.39, 0.29) is 18.3 Å². The van der Waals surface area contributed by atoms with E-state index >= 15 is 0 Å². The molecule has 0 aromatic rings. The third-order valence-corrected chi connectivity index (χ3v) is 4.28. The number of nitrogens with zero attached hydrogens (tertiary/aromatic N) is 1. The molecule has 0 spiro atoms. The van der Waals surface area contributed by atoms with Crippen LogP contribution in [-0.2, 0) is 19.1 Å². The van der Waals surface area contributed by atoms with E-state index < -0.39 is 0 Å². The van der Waals surface area contributed by atoms with Crippen LogP contribution in [0.4, 0.5) is 0 Å². The maximum absolute atomic E-state index is 12.5. The van der Waals surface area contributed by atoms with Crippen LogP contribution in [0.2, 0.25) is 0 Å². The molecule has 0 aliphatic heterocycles. The van der Waals surface area contributed by atoms with Crippen LogP contribution in [0.25, 0.3) is 0 Å². The Bertz CT molecular complexity index is 327. The highest BCUT2D eigenvalue weighted by molar-refractivity contribution is 5.77. The van der Waals surface area contributed by atoms with E-state index in [1.54, 1.807) is 0 Å². The summed E-state index contributed by atoms with van der Waals surface area (Å²) in [5.41, 5.74) is 0. The number of ether oxygens (including phenoxy) is 2. The zero-order valence-electron chi connectivity index (χ0n) is 14.1. The number of methoxy groups -OCH3 is 1. The number of rotatable bonds is 10. The highest BCUT2D eigenvalue weighted by Gasteiger charge is 2.21. The summed E-state index contributed by atoms with van der Waals surface area (Å²) >= 11 is 0. The number of esters is 1. The number of carbonyl (C=O) groups is 2. The van der Waals surface area contributed by atoms with Gasteiger partial charge in [-0.25, -0.2) is 0 Å². The van der Waals surface area contributed by atoms with Crippen molar-refractivity contribution in [1.29, 1.82) is 0 Å². The van der Waals surface area contributed by atoms with Gasteiger partial charge in [0.05, 0.1) is 13.5 Å². The van der Waals surface area contributed by atoms with Crippen LogP contribution in [0.3, 0.4) is 0 Å². The molecule has 5 heteroatoms. The van der Waals surface area contributed by atoms with Crippen molar-refractivity contribution in [3.8, 4) is 0 Å². The fourth-order valence-corrected chi connectivity index (χ4v) is 2.96. The van der Waals surface area contributed by atoms with Gasteiger partial charge in [0, 0.05) is 32.7 Å². The molecule has 1 fully saturated rings. The van der Waals surface area contributed by atoms with Gasteiger partial charge >= 0.3 is 5.97 Å². The molecule has 0 bridgehead atoms. The molecule has 0 unspecified atom stereocenters. The normalized spacial score (nSPS) is 15.5. The quantitative estimate of drug-likeness (QED) is 0.460. The fourth-order valence-electron chi connectivity index (χ4n) is 2.96. The molecule has 1 rings (SSSR count). The minimum atomic E-state index is -0.264. The minimum Gasteiger partial charge on any atom is -0.469 e. The van der Waals surface area contributed by atoms with Crippen LogP contribution >= 0.6 is 0 Å². The second-order valence-corrected chi connectivity index (χ2v) is 5.97. The monoisotopic (exact) mass is 313 g/mol. The molecule has 1 aliphatic carbocycles. The molecule has 1 saturated carbocycles. The van der Waals surface area contributed by atoms with Crippen molar-refractivity contribution in [2.45, 2.75) is 58.3 Å². The number of amides is 1. The first-order chi connectivity index (χ1) is 10.7. The molecular formula is C17H31NO4. The Morgan fingerprint density at radius 1 is 1.14 bits per heavy atom. The summed E-state index contributed by atoms with van der Waals surface area (Å²) in [5, 5.41) is 0. The van der Waals surface area contributed by atoms with Crippen molar-refractivity contribution >= 4 is 11.9 Å². The second kappa shape index (κ2) is 11.5. The van der Waals surface area contributed by atoms with Crippen molar-refractivity contribution in [3.05, 3.63) is 0 Å². The minimum absolute atomic E-state index is 0.173. The van der Waals surface area contributed by atoms with Crippen LogP contribution in [0.1, 0.15) is 58.3 Å². The zero-order valence-corrected chi connectivity index (χ0v) is 14.1. The molecule has 0 saturated heterocycles. The lowest BCUT2D eigenvalue weighted by Gasteiger charge is -2.26. The molecule has 0 radical (unpaired) electrons. The third-order valence-electron chi connectivity index (χ3n) is 4.28. The number of carbonyl (C=O) groups excluding carboxylic acids is 2. The summed E-state index contributed by atoms with van der Waals surface area (Å²) in [6, 6.07) is 0. The van der Waals surface area contributed by atoms with E-state index in [2.05, 4.69) is 4.74 Å². The Kier molecular flexibility index (Phi) is 9.87. The lowest BCUT2D eigenvalue weighted by atomic mass is 9.86. The van der Waals surface area contributed by atoms with E-state index in [0.29, 0.717) is 38.6 Å². The van der Waals surface area contributed by atoms with Gasteiger partial charge in [-0.2, -0.15) is 0 Å². The smallest absolute Gasteiger partial charge is 0.307 e. The summed E-state index contributed by atoms with van der Waals surface area (Å²) in [5.74, 6) is 0.432. The Hall–Kier alpha value is -1.10. The predicted octanol–water partition coefficient (Wildman–Crippen LogP) is 2.78. The molecule has 1 aliphatic rings. The highest BCUT2D eigenvalue weighted by Crippen LogP contribution is 2.26. The van der Waals surface area contributed by atoms with Crippen molar-refractivity contribution in [3.63, 3.8) is 0 Å². The summed E-state index contributed by atoms with van der Waals surface area (Å²) in [6.45, 7) is 4.41. The van der Waals surface area contributed by atoms with Crippen LogP contribution < -0.4 is 0 Å². The topological polar surface area (TPSA) is 55.8 Å². The van der Waals surface area contributed by atoms with Gasteiger partial charge in [0.1, 0.15) is 0 Å².